The average molecular weight is 108 g/mol. The summed E-state index contributed by atoms with van der Waals surface area (Å²) in [6.07, 6.45) is 7.52. The van der Waals surface area contributed by atoms with Crippen molar-refractivity contribution < 1.29 is 0 Å². The molecule has 2 aliphatic carbocycles. The van der Waals surface area contributed by atoms with Crippen LogP contribution in [0.5, 0.6) is 0 Å². The van der Waals surface area contributed by atoms with Crippen LogP contribution in [0.15, 0.2) is 12.2 Å². The molecule has 2 aliphatic rings. The van der Waals surface area contributed by atoms with Crippen LogP contribution in [0.4, 0.5) is 0 Å². The number of hydrogen-bond donors (Lipinski definition) is 0. The molecule has 0 aromatic heterocycles. The normalized spacial score (nSPS) is 49.4. The highest BCUT2D eigenvalue weighted by atomic mass is 14.5. The van der Waals surface area contributed by atoms with E-state index < -0.39 is 0 Å². The lowest BCUT2D eigenvalue weighted by Crippen LogP contribution is -1.77. The number of fused-ring (bicyclic) bond motifs is 1. The fourth-order valence-corrected chi connectivity index (χ4v) is 2.06. The summed E-state index contributed by atoms with van der Waals surface area (Å²) >= 11 is 0. The van der Waals surface area contributed by atoms with Crippen LogP contribution in [0.25, 0.3) is 0 Å². The minimum atomic E-state index is 1.01. The van der Waals surface area contributed by atoms with Gasteiger partial charge in [-0.05, 0) is 24.2 Å². The summed E-state index contributed by atoms with van der Waals surface area (Å²) in [6, 6.07) is 0. The molecule has 0 radical (unpaired) electrons. The van der Waals surface area contributed by atoms with Crippen LogP contribution in [-0.2, 0) is 0 Å². The van der Waals surface area contributed by atoms with E-state index in [0.29, 0.717) is 0 Å². The van der Waals surface area contributed by atoms with Crippen molar-refractivity contribution in [2.45, 2.75) is 19.8 Å². The molecular formula is C8H12. The minimum Gasteiger partial charge on any atom is -0.0879 e. The van der Waals surface area contributed by atoms with Crippen LogP contribution >= 0.6 is 0 Å². The summed E-state index contributed by atoms with van der Waals surface area (Å²) in [6.45, 7) is 2.30. The van der Waals surface area contributed by atoms with Gasteiger partial charge in [0.2, 0.25) is 0 Å². The quantitative estimate of drug-likeness (QED) is 0.452. The van der Waals surface area contributed by atoms with E-state index in [2.05, 4.69) is 19.1 Å². The topological polar surface area (TPSA) is 0 Å². The Morgan fingerprint density at radius 1 is 1.62 bits per heavy atom. The summed E-state index contributed by atoms with van der Waals surface area (Å²) in [5.41, 5.74) is 0. The zero-order valence-corrected chi connectivity index (χ0v) is 5.30. The predicted octanol–water partition coefficient (Wildman–Crippen LogP) is 2.22. The number of hydrogen-bond acceptors (Lipinski definition) is 0. The smallest absolute Gasteiger partial charge is 0.0168 e. The molecule has 8 heavy (non-hydrogen) atoms. The molecule has 0 nitrogen and oxygen atoms in total. The van der Waals surface area contributed by atoms with Crippen LogP contribution in [0, 0.1) is 17.8 Å². The average Bonchev–Trinajstić information content (AvgIpc) is 2.22. The molecule has 3 atom stereocenters. The Kier molecular flexibility index (Phi) is 0.787. The van der Waals surface area contributed by atoms with Crippen molar-refractivity contribution in [1.82, 2.24) is 0 Å². The van der Waals surface area contributed by atoms with Crippen LogP contribution in [0.1, 0.15) is 19.8 Å². The van der Waals surface area contributed by atoms with Crippen molar-refractivity contribution >= 4 is 0 Å². The van der Waals surface area contributed by atoms with E-state index in [1.54, 1.807) is 0 Å². The van der Waals surface area contributed by atoms with Gasteiger partial charge in [-0.15, -0.1) is 0 Å². The van der Waals surface area contributed by atoms with Gasteiger partial charge in [0, 0.05) is 0 Å². The lowest BCUT2D eigenvalue weighted by molar-refractivity contribution is 0.681. The Bertz CT molecular complexity index is 124. The van der Waals surface area contributed by atoms with Crippen molar-refractivity contribution in [1.29, 1.82) is 0 Å². The second-order valence-electron chi connectivity index (χ2n) is 2.98. The maximum Gasteiger partial charge on any atom is -0.0168 e. The Morgan fingerprint density at radius 3 is 2.88 bits per heavy atom. The SMILES string of the molecule is CCC1C2C=CCC21. The maximum absolute atomic E-state index is 2.40. The first-order chi connectivity index (χ1) is 3.93. The van der Waals surface area contributed by atoms with Gasteiger partial charge in [0.1, 0.15) is 0 Å². The van der Waals surface area contributed by atoms with E-state index in [0.717, 1.165) is 17.8 Å². The molecule has 0 amide bonds. The summed E-state index contributed by atoms with van der Waals surface area (Å²) in [4.78, 5) is 0. The third-order valence-corrected chi connectivity index (χ3v) is 2.64. The lowest BCUT2D eigenvalue weighted by atomic mass is 10.2. The summed E-state index contributed by atoms with van der Waals surface area (Å²) < 4.78 is 0. The van der Waals surface area contributed by atoms with E-state index in [1.807, 2.05) is 0 Å². The molecule has 0 saturated heterocycles. The zero-order valence-electron chi connectivity index (χ0n) is 5.30. The molecule has 1 fully saturated rings. The Hall–Kier alpha value is -0.260. The molecule has 0 bridgehead atoms. The van der Waals surface area contributed by atoms with E-state index in [4.69, 9.17) is 0 Å². The zero-order chi connectivity index (χ0) is 5.56. The third-order valence-electron chi connectivity index (χ3n) is 2.64. The van der Waals surface area contributed by atoms with Crippen LogP contribution < -0.4 is 0 Å². The first-order valence-electron chi connectivity index (χ1n) is 3.60. The summed E-state index contributed by atoms with van der Waals surface area (Å²) in [5, 5.41) is 0. The van der Waals surface area contributed by atoms with Crippen molar-refractivity contribution in [3.05, 3.63) is 12.2 Å². The molecule has 0 aromatic carbocycles. The molecule has 0 aliphatic heterocycles. The second-order valence-corrected chi connectivity index (χ2v) is 2.98. The Balaban J connectivity index is 2.03. The van der Waals surface area contributed by atoms with E-state index in [9.17, 15) is 0 Å². The molecule has 2 rings (SSSR count). The van der Waals surface area contributed by atoms with Crippen LogP contribution in [0.3, 0.4) is 0 Å². The van der Waals surface area contributed by atoms with Gasteiger partial charge in [-0.3, -0.25) is 0 Å². The molecule has 0 spiro atoms. The first-order valence-corrected chi connectivity index (χ1v) is 3.60. The molecule has 0 aromatic rings. The predicted molar refractivity (Wildman–Crippen MR) is 34.5 cm³/mol. The van der Waals surface area contributed by atoms with Crippen molar-refractivity contribution in [2.75, 3.05) is 0 Å². The fraction of sp³-hybridized carbons (Fsp3) is 0.750. The lowest BCUT2D eigenvalue weighted by Gasteiger charge is -1.89. The third kappa shape index (κ3) is 0.410. The van der Waals surface area contributed by atoms with Gasteiger partial charge in [0.05, 0.1) is 0 Å². The van der Waals surface area contributed by atoms with Gasteiger partial charge in [-0.2, -0.15) is 0 Å². The Morgan fingerprint density at radius 2 is 2.50 bits per heavy atom. The van der Waals surface area contributed by atoms with Gasteiger partial charge >= 0.3 is 0 Å². The van der Waals surface area contributed by atoms with E-state index in [1.165, 1.54) is 12.8 Å². The molecule has 44 valence electrons. The summed E-state index contributed by atoms with van der Waals surface area (Å²) in [7, 11) is 0. The standard InChI is InChI=1S/C8H12/c1-2-6-7-4-3-5-8(6)7/h3-4,6-8H,2,5H2,1H3. The second kappa shape index (κ2) is 1.37. The van der Waals surface area contributed by atoms with Gasteiger partial charge in [0.25, 0.3) is 0 Å². The maximum atomic E-state index is 2.40. The summed E-state index contributed by atoms with van der Waals surface area (Å²) in [5.74, 6) is 3.18. The monoisotopic (exact) mass is 108 g/mol. The molecule has 0 heteroatoms. The van der Waals surface area contributed by atoms with E-state index >= 15 is 0 Å². The number of allylic oxidation sites excluding steroid dienone is 2. The molecule has 1 saturated carbocycles. The van der Waals surface area contributed by atoms with Crippen LogP contribution in [0.2, 0.25) is 0 Å². The van der Waals surface area contributed by atoms with Crippen molar-refractivity contribution in [2.24, 2.45) is 17.8 Å². The Labute approximate surface area is 50.6 Å². The first kappa shape index (κ1) is 4.60. The van der Waals surface area contributed by atoms with E-state index in [-0.39, 0.29) is 0 Å². The molecule has 0 heterocycles. The van der Waals surface area contributed by atoms with Crippen molar-refractivity contribution in [3.63, 3.8) is 0 Å². The van der Waals surface area contributed by atoms with Crippen LogP contribution in [-0.4, -0.2) is 0 Å². The molecular weight excluding hydrogens is 96.1 g/mol. The fourth-order valence-electron chi connectivity index (χ4n) is 2.06. The largest absolute Gasteiger partial charge is 0.0879 e. The highest BCUT2D eigenvalue weighted by Gasteiger charge is 2.48. The van der Waals surface area contributed by atoms with Crippen molar-refractivity contribution in [3.8, 4) is 0 Å². The number of rotatable bonds is 1. The van der Waals surface area contributed by atoms with Gasteiger partial charge in [0.15, 0.2) is 0 Å². The highest BCUT2D eigenvalue weighted by molar-refractivity contribution is 5.16. The minimum absolute atomic E-state index is 1.01. The van der Waals surface area contributed by atoms with Gasteiger partial charge in [-0.1, -0.05) is 25.5 Å². The van der Waals surface area contributed by atoms with Gasteiger partial charge in [-0.25, -0.2) is 0 Å². The highest BCUT2D eigenvalue weighted by Crippen LogP contribution is 2.55. The molecule has 3 unspecified atom stereocenters. The molecule has 0 N–H and O–H groups in total. The van der Waals surface area contributed by atoms with Gasteiger partial charge < -0.3 is 0 Å².